The van der Waals surface area contributed by atoms with Crippen LogP contribution in [0.15, 0.2) is 53.4 Å². The molecule has 2 N–H and O–H groups in total. The van der Waals surface area contributed by atoms with Gasteiger partial charge in [-0.1, -0.05) is 17.7 Å². The van der Waals surface area contributed by atoms with E-state index in [0.29, 0.717) is 11.3 Å². The molecule has 1 amide bonds. The lowest BCUT2D eigenvalue weighted by Crippen LogP contribution is -3.12. The van der Waals surface area contributed by atoms with Gasteiger partial charge < -0.3 is 4.90 Å². The lowest BCUT2D eigenvalue weighted by Gasteiger charge is -2.30. The minimum absolute atomic E-state index is 0.185. The van der Waals surface area contributed by atoms with Crippen molar-refractivity contribution in [2.24, 2.45) is 0 Å². The number of amides is 1. The predicted molar refractivity (Wildman–Crippen MR) is 109 cm³/mol. The first-order chi connectivity index (χ1) is 13.3. The van der Waals surface area contributed by atoms with Gasteiger partial charge in [0.2, 0.25) is 0 Å². The highest BCUT2D eigenvalue weighted by Gasteiger charge is 2.22. The average molecular weight is 404 g/mol. The number of carbonyl (C=O) groups is 1. The van der Waals surface area contributed by atoms with Gasteiger partial charge in [-0.15, -0.1) is 0 Å². The average Bonchev–Trinajstić information content (AvgIpc) is 2.69. The fraction of sp³-hybridized carbons (Fsp3) is 0.350. The number of likely N-dealkylation sites (N-methyl/N-ethyl adjacent to an activating group) is 1. The summed E-state index contributed by atoms with van der Waals surface area (Å²) in [6, 6.07) is 13.3. The monoisotopic (exact) mass is 403 g/mol. The van der Waals surface area contributed by atoms with Crippen molar-refractivity contribution in [3.63, 3.8) is 0 Å². The molecule has 0 unspecified atom stereocenters. The molecule has 0 spiro atoms. The summed E-state index contributed by atoms with van der Waals surface area (Å²) in [5.41, 5.74) is 4.91. The first kappa shape index (κ1) is 20.3. The maximum absolute atomic E-state index is 12.8. The lowest BCUT2D eigenvalue weighted by molar-refractivity contribution is -0.884. The first-order valence-electron chi connectivity index (χ1n) is 9.30. The number of nitrogens with zero attached hydrogens (tertiary/aromatic N) is 2. The number of hydrogen-bond donors (Lipinski definition) is 2. The van der Waals surface area contributed by atoms with Crippen LogP contribution in [0.2, 0.25) is 0 Å². The molecule has 28 heavy (non-hydrogen) atoms. The molecule has 1 saturated heterocycles. The summed E-state index contributed by atoms with van der Waals surface area (Å²) < 4.78 is 26.8. The van der Waals surface area contributed by atoms with Gasteiger partial charge in [-0.3, -0.25) is 14.5 Å². The first-order valence-corrected chi connectivity index (χ1v) is 10.7. The highest BCUT2D eigenvalue weighted by Crippen LogP contribution is 2.22. The van der Waals surface area contributed by atoms with Gasteiger partial charge in [0.15, 0.2) is 0 Å². The SMILES string of the molecule is Cc1ccc(S(=O)(=O)N(C)c2ccc(C(=O)NN3CC[NH+](C)CC3)cc2)cc1. The van der Waals surface area contributed by atoms with Gasteiger partial charge in [0, 0.05) is 12.6 Å². The van der Waals surface area contributed by atoms with E-state index in [0.717, 1.165) is 31.7 Å². The van der Waals surface area contributed by atoms with Crippen LogP contribution in [-0.2, 0) is 10.0 Å². The molecule has 1 aliphatic heterocycles. The summed E-state index contributed by atoms with van der Waals surface area (Å²) in [4.78, 5) is 14.1. The molecule has 150 valence electrons. The van der Waals surface area contributed by atoms with Gasteiger partial charge in [0.1, 0.15) is 0 Å². The van der Waals surface area contributed by atoms with Crippen LogP contribution in [0.1, 0.15) is 15.9 Å². The zero-order chi connectivity index (χ0) is 20.3. The molecule has 0 radical (unpaired) electrons. The van der Waals surface area contributed by atoms with Crippen molar-refractivity contribution >= 4 is 21.6 Å². The maximum Gasteiger partial charge on any atom is 0.265 e. The van der Waals surface area contributed by atoms with E-state index >= 15 is 0 Å². The molecule has 0 bridgehead atoms. The van der Waals surface area contributed by atoms with Crippen LogP contribution in [0.25, 0.3) is 0 Å². The minimum atomic E-state index is -3.65. The predicted octanol–water partition coefficient (Wildman–Crippen LogP) is 0.295. The number of rotatable bonds is 5. The van der Waals surface area contributed by atoms with E-state index in [-0.39, 0.29) is 10.8 Å². The lowest BCUT2D eigenvalue weighted by atomic mass is 10.2. The molecule has 2 aromatic carbocycles. The van der Waals surface area contributed by atoms with Crippen LogP contribution < -0.4 is 14.6 Å². The summed E-state index contributed by atoms with van der Waals surface area (Å²) in [5.74, 6) is -0.185. The molecule has 0 aromatic heterocycles. The second-order valence-electron chi connectivity index (χ2n) is 7.22. The van der Waals surface area contributed by atoms with Crippen LogP contribution >= 0.6 is 0 Å². The number of anilines is 1. The maximum atomic E-state index is 12.8. The van der Waals surface area contributed by atoms with E-state index in [1.807, 2.05) is 11.9 Å². The highest BCUT2D eigenvalue weighted by molar-refractivity contribution is 7.92. The van der Waals surface area contributed by atoms with Crippen LogP contribution in [0.3, 0.4) is 0 Å². The van der Waals surface area contributed by atoms with Crippen molar-refractivity contribution in [1.29, 1.82) is 0 Å². The smallest absolute Gasteiger partial charge is 0.265 e. The fourth-order valence-corrected chi connectivity index (χ4v) is 4.23. The Labute approximate surface area is 166 Å². The van der Waals surface area contributed by atoms with Crippen molar-refractivity contribution in [3.8, 4) is 0 Å². The Kier molecular flexibility index (Phi) is 6.02. The standard InChI is InChI=1S/C20H26N4O3S/c1-16-4-10-19(11-5-16)28(26,27)23(3)18-8-6-17(7-9-18)20(25)21-24-14-12-22(2)13-15-24/h4-11H,12-15H2,1-3H3,(H,21,25)/p+1. The Morgan fingerprint density at radius 2 is 1.61 bits per heavy atom. The Bertz CT molecular complexity index is 919. The minimum Gasteiger partial charge on any atom is -0.335 e. The summed E-state index contributed by atoms with van der Waals surface area (Å²) in [6.45, 7) is 5.51. The van der Waals surface area contributed by atoms with Crippen molar-refractivity contribution in [3.05, 3.63) is 59.7 Å². The molecular formula is C20H27N4O3S+. The molecule has 1 aliphatic rings. The normalized spacial score (nSPS) is 16.0. The van der Waals surface area contributed by atoms with E-state index in [4.69, 9.17) is 0 Å². The van der Waals surface area contributed by atoms with Crippen molar-refractivity contribution < 1.29 is 18.1 Å². The van der Waals surface area contributed by atoms with E-state index < -0.39 is 10.0 Å². The second kappa shape index (κ2) is 8.30. The van der Waals surface area contributed by atoms with Crippen molar-refractivity contribution in [2.75, 3.05) is 44.6 Å². The number of benzene rings is 2. The van der Waals surface area contributed by atoms with Gasteiger partial charge in [0.25, 0.3) is 15.9 Å². The molecular weight excluding hydrogens is 376 g/mol. The van der Waals surface area contributed by atoms with Gasteiger partial charge in [-0.25, -0.2) is 13.4 Å². The zero-order valence-electron chi connectivity index (χ0n) is 16.5. The summed E-state index contributed by atoms with van der Waals surface area (Å²) in [7, 11) is 0.00108. The van der Waals surface area contributed by atoms with E-state index in [2.05, 4.69) is 12.5 Å². The highest BCUT2D eigenvalue weighted by atomic mass is 32.2. The molecule has 3 rings (SSSR count). The second-order valence-corrected chi connectivity index (χ2v) is 9.19. The van der Waals surface area contributed by atoms with E-state index in [9.17, 15) is 13.2 Å². The van der Waals surface area contributed by atoms with Gasteiger partial charge in [-0.05, 0) is 43.3 Å². The van der Waals surface area contributed by atoms with Gasteiger partial charge >= 0.3 is 0 Å². The Balaban J connectivity index is 1.69. The quantitative estimate of drug-likeness (QED) is 0.753. The molecule has 8 heteroatoms. The van der Waals surface area contributed by atoms with Gasteiger partial charge in [-0.2, -0.15) is 0 Å². The van der Waals surface area contributed by atoms with Crippen LogP contribution in [-0.4, -0.2) is 59.6 Å². The zero-order valence-corrected chi connectivity index (χ0v) is 17.3. The molecule has 0 atom stereocenters. The fourth-order valence-electron chi connectivity index (χ4n) is 3.04. The Hall–Kier alpha value is -2.42. The number of sulfonamides is 1. The number of hydrazine groups is 1. The van der Waals surface area contributed by atoms with Crippen molar-refractivity contribution in [2.45, 2.75) is 11.8 Å². The van der Waals surface area contributed by atoms with Crippen LogP contribution in [0, 0.1) is 6.92 Å². The third-order valence-electron chi connectivity index (χ3n) is 5.05. The number of hydrogen-bond acceptors (Lipinski definition) is 4. The Morgan fingerprint density at radius 1 is 1.04 bits per heavy atom. The molecule has 1 heterocycles. The number of nitrogens with one attached hydrogen (secondary N) is 2. The van der Waals surface area contributed by atoms with Crippen LogP contribution in [0.5, 0.6) is 0 Å². The number of piperazine rings is 1. The molecule has 0 aliphatic carbocycles. The van der Waals surface area contributed by atoms with Crippen molar-refractivity contribution in [1.82, 2.24) is 10.4 Å². The third-order valence-corrected chi connectivity index (χ3v) is 6.85. The largest absolute Gasteiger partial charge is 0.335 e. The molecule has 0 saturated carbocycles. The number of quaternary nitrogens is 1. The van der Waals surface area contributed by atoms with Crippen LogP contribution in [0.4, 0.5) is 5.69 Å². The molecule has 2 aromatic rings. The molecule has 7 nitrogen and oxygen atoms in total. The topological polar surface area (TPSA) is 74.2 Å². The summed E-state index contributed by atoms with van der Waals surface area (Å²) >= 11 is 0. The van der Waals surface area contributed by atoms with E-state index in [1.165, 1.54) is 16.3 Å². The Morgan fingerprint density at radius 3 is 2.18 bits per heavy atom. The number of aryl methyl sites for hydroxylation is 1. The van der Waals surface area contributed by atoms with E-state index in [1.54, 1.807) is 48.5 Å². The molecule has 1 fully saturated rings. The third kappa shape index (κ3) is 4.52. The number of carbonyl (C=O) groups excluding carboxylic acids is 1. The van der Waals surface area contributed by atoms with Gasteiger partial charge in [0.05, 0.1) is 43.8 Å². The summed E-state index contributed by atoms with van der Waals surface area (Å²) in [6.07, 6.45) is 0. The summed E-state index contributed by atoms with van der Waals surface area (Å²) in [5, 5.41) is 1.93.